The quantitative estimate of drug-likeness (QED) is 0.0348. The number of aliphatic hydroxyl groups excluding tert-OH is 2. The van der Waals surface area contributed by atoms with Crippen molar-refractivity contribution in [3.05, 3.63) is 0 Å². The Kier molecular flexibility index (Phi) is 30.8. The Balaban J connectivity index is 3.99. The highest BCUT2D eigenvalue weighted by Gasteiger charge is 2.27. The Morgan fingerprint density at radius 3 is 1.04 bits per heavy atom. The predicted octanol–water partition coefficient (Wildman–Crippen LogP) is 8.33. The fourth-order valence-electron chi connectivity index (χ4n) is 5.00. The summed E-state index contributed by atoms with van der Waals surface area (Å²) in [5.74, 6) is -1.02. The lowest BCUT2D eigenvalue weighted by molar-refractivity contribution is -0.153. The summed E-state index contributed by atoms with van der Waals surface area (Å²) in [7, 11) is -4.61. The third-order valence-electron chi connectivity index (χ3n) is 7.82. The van der Waals surface area contributed by atoms with Crippen molar-refractivity contribution in [3.63, 3.8) is 0 Å². The first-order chi connectivity index (χ1) is 21.8. The van der Waals surface area contributed by atoms with E-state index in [2.05, 4.69) is 13.8 Å². The molecule has 0 saturated carbocycles. The fourth-order valence-corrected chi connectivity index (χ4v) is 5.78. The summed E-state index contributed by atoms with van der Waals surface area (Å²) in [5, 5.41) is 19.0. The standard InChI is InChI=1S/C34H67O10P/c1-3-5-7-9-11-13-14-15-16-18-20-22-24-26-34(38)44-32(28-36)30-42-45(39,40)41-29-31(27-35)43-33(37)25-23-21-19-17-12-10-8-6-4-2/h31-32,35-36H,3-30H2,1-2H3,(H,39,40). The molecule has 3 N–H and O–H groups in total. The van der Waals surface area contributed by atoms with Crippen molar-refractivity contribution >= 4 is 19.8 Å². The number of unbranched alkanes of at least 4 members (excludes halogenated alkanes) is 20. The highest BCUT2D eigenvalue weighted by atomic mass is 31.2. The zero-order valence-corrected chi connectivity index (χ0v) is 29.5. The molecule has 0 saturated heterocycles. The van der Waals surface area contributed by atoms with Crippen LogP contribution in [0.25, 0.3) is 0 Å². The summed E-state index contributed by atoms with van der Waals surface area (Å²) in [4.78, 5) is 34.2. The van der Waals surface area contributed by atoms with Crippen LogP contribution in [0.2, 0.25) is 0 Å². The molecule has 0 amide bonds. The van der Waals surface area contributed by atoms with E-state index in [1.807, 2.05) is 0 Å². The molecule has 0 aliphatic heterocycles. The van der Waals surface area contributed by atoms with Crippen molar-refractivity contribution < 1.29 is 47.8 Å². The predicted molar refractivity (Wildman–Crippen MR) is 178 cm³/mol. The summed E-state index contributed by atoms with van der Waals surface area (Å²) in [6, 6.07) is 0. The molecule has 0 spiro atoms. The van der Waals surface area contributed by atoms with Crippen LogP contribution in [0.1, 0.15) is 168 Å². The Hall–Kier alpha value is -1.03. The van der Waals surface area contributed by atoms with Gasteiger partial charge >= 0.3 is 19.8 Å². The van der Waals surface area contributed by atoms with E-state index in [1.165, 1.54) is 89.9 Å². The van der Waals surface area contributed by atoms with Gasteiger partial charge in [0, 0.05) is 12.8 Å². The number of phosphoric acid groups is 1. The molecule has 0 heterocycles. The Labute approximate surface area is 273 Å². The third-order valence-corrected chi connectivity index (χ3v) is 8.77. The molecule has 0 aromatic rings. The maximum absolute atomic E-state index is 12.3. The lowest BCUT2D eigenvalue weighted by Crippen LogP contribution is -2.28. The second kappa shape index (κ2) is 31.6. The first-order valence-electron chi connectivity index (χ1n) is 18.0. The molecule has 10 nitrogen and oxygen atoms in total. The van der Waals surface area contributed by atoms with Gasteiger partial charge < -0.3 is 24.6 Å². The van der Waals surface area contributed by atoms with Crippen LogP contribution in [0.4, 0.5) is 0 Å². The summed E-state index contributed by atoms with van der Waals surface area (Å²) in [5.41, 5.74) is 0. The number of rotatable bonds is 34. The van der Waals surface area contributed by atoms with Crippen LogP contribution in [0.5, 0.6) is 0 Å². The normalized spacial score (nSPS) is 14.2. The van der Waals surface area contributed by atoms with E-state index in [1.54, 1.807) is 0 Å². The maximum Gasteiger partial charge on any atom is 0.472 e. The zero-order valence-electron chi connectivity index (χ0n) is 28.6. The van der Waals surface area contributed by atoms with Gasteiger partial charge in [0.15, 0.2) is 0 Å². The number of hydrogen-bond acceptors (Lipinski definition) is 9. The highest BCUT2D eigenvalue weighted by molar-refractivity contribution is 7.47. The second-order valence-corrected chi connectivity index (χ2v) is 13.7. The molecular formula is C34H67O10P. The van der Waals surface area contributed by atoms with Gasteiger partial charge in [-0.1, -0.05) is 142 Å². The third kappa shape index (κ3) is 30.1. The van der Waals surface area contributed by atoms with Crippen LogP contribution in [0.3, 0.4) is 0 Å². The molecule has 3 unspecified atom stereocenters. The van der Waals surface area contributed by atoms with E-state index in [4.69, 9.17) is 18.5 Å². The van der Waals surface area contributed by atoms with Gasteiger partial charge in [0.05, 0.1) is 26.4 Å². The van der Waals surface area contributed by atoms with Gasteiger partial charge in [0.1, 0.15) is 12.2 Å². The topological polar surface area (TPSA) is 149 Å². The lowest BCUT2D eigenvalue weighted by Gasteiger charge is -2.20. The molecule has 0 radical (unpaired) electrons. The summed E-state index contributed by atoms with van der Waals surface area (Å²) >= 11 is 0. The van der Waals surface area contributed by atoms with Gasteiger partial charge in [-0.15, -0.1) is 0 Å². The van der Waals surface area contributed by atoms with Gasteiger partial charge in [0.2, 0.25) is 0 Å². The Morgan fingerprint density at radius 2 is 0.778 bits per heavy atom. The minimum atomic E-state index is -4.61. The number of esters is 2. The Bertz CT molecular complexity index is 736. The maximum atomic E-state index is 12.3. The number of phosphoric ester groups is 1. The smallest absolute Gasteiger partial charge is 0.457 e. The summed E-state index contributed by atoms with van der Waals surface area (Å²) < 4.78 is 32.3. The largest absolute Gasteiger partial charge is 0.472 e. The molecule has 0 aliphatic rings. The SMILES string of the molecule is CCCCCCCCCCCCCCCC(=O)OC(CO)COP(=O)(O)OCC(CO)OC(=O)CCCCCCCCCCC. The van der Waals surface area contributed by atoms with Crippen molar-refractivity contribution in [2.75, 3.05) is 26.4 Å². The molecular weight excluding hydrogens is 599 g/mol. The van der Waals surface area contributed by atoms with Crippen molar-refractivity contribution in [1.82, 2.24) is 0 Å². The molecule has 0 aliphatic carbocycles. The molecule has 268 valence electrons. The molecule has 0 aromatic heterocycles. The summed E-state index contributed by atoms with van der Waals surface area (Å²) in [6.45, 7) is 2.17. The van der Waals surface area contributed by atoms with E-state index in [-0.39, 0.29) is 12.8 Å². The lowest BCUT2D eigenvalue weighted by atomic mass is 10.0. The molecule has 45 heavy (non-hydrogen) atoms. The average Bonchev–Trinajstić information content (AvgIpc) is 3.02. The van der Waals surface area contributed by atoms with Gasteiger partial charge in [-0.3, -0.25) is 18.6 Å². The molecule has 0 rings (SSSR count). The average molecular weight is 667 g/mol. The number of carbonyl (C=O) groups is 2. The molecule has 0 fully saturated rings. The van der Waals surface area contributed by atoms with Crippen LogP contribution < -0.4 is 0 Å². The Morgan fingerprint density at radius 1 is 0.511 bits per heavy atom. The van der Waals surface area contributed by atoms with Gasteiger partial charge in [-0.2, -0.15) is 0 Å². The number of carbonyl (C=O) groups excluding carboxylic acids is 2. The van der Waals surface area contributed by atoms with E-state index < -0.39 is 58.4 Å². The molecule has 0 bridgehead atoms. The van der Waals surface area contributed by atoms with Crippen LogP contribution >= 0.6 is 7.82 Å². The summed E-state index contributed by atoms with van der Waals surface area (Å²) in [6.07, 6.45) is 23.8. The monoisotopic (exact) mass is 666 g/mol. The van der Waals surface area contributed by atoms with E-state index >= 15 is 0 Å². The van der Waals surface area contributed by atoms with Crippen molar-refractivity contribution in [2.45, 2.75) is 180 Å². The van der Waals surface area contributed by atoms with Crippen molar-refractivity contribution in [2.24, 2.45) is 0 Å². The van der Waals surface area contributed by atoms with Crippen LogP contribution in [0, 0.1) is 0 Å². The molecule has 0 aromatic carbocycles. The molecule has 3 atom stereocenters. The van der Waals surface area contributed by atoms with Crippen molar-refractivity contribution in [3.8, 4) is 0 Å². The highest BCUT2D eigenvalue weighted by Crippen LogP contribution is 2.43. The van der Waals surface area contributed by atoms with E-state index in [0.29, 0.717) is 12.8 Å². The van der Waals surface area contributed by atoms with Crippen molar-refractivity contribution in [1.29, 1.82) is 0 Å². The minimum Gasteiger partial charge on any atom is -0.457 e. The number of aliphatic hydroxyl groups is 2. The molecule has 11 heteroatoms. The van der Waals surface area contributed by atoms with E-state index in [0.717, 1.165) is 38.5 Å². The first kappa shape index (κ1) is 44.0. The second-order valence-electron chi connectivity index (χ2n) is 12.2. The number of hydrogen-bond donors (Lipinski definition) is 3. The fraction of sp³-hybridized carbons (Fsp3) is 0.941. The number of ether oxygens (including phenoxy) is 2. The minimum absolute atomic E-state index is 0.197. The van der Waals surface area contributed by atoms with Gasteiger partial charge in [0.25, 0.3) is 0 Å². The van der Waals surface area contributed by atoms with Crippen LogP contribution in [0.15, 0.2) is 0 Å². The van der Waals surface area contributed by atoms with E-state index in [9.17, 15) is 29.3 Å². The van der Waals surface area contributed by atoms with Gasteiger partial charge in [-0.25, -0.2) is 4.57 Å². The first-order valence-corrected chi connectivity index (χ1v) is 19.5. The van der Waals surface area contributed by atoms with Crippen LogP contribution in [-0.4, -0.2) is 65.7 Å². The van der Waals surface area contributed by atoms with Gasteiger partial charge in [-0.05, 0) is 12.8 Å². The zero-order chi connectivity index (χ0) is 33.4. The van der Waals surface area contributed by atoms with Crippen LogP contribution in [-0.2, 0) is 32.7 Å².